The monoisotopic (exact) mass is 396 g/mol. The Morgan fingerprint density at radius 2 is 1.96 bits per heavy atom. The van der Waals surface area contributed by atoms with Crippen LogP contribution in [0.4, 0.5) is 5.69 Å². The maximum atomic E-state index is 12.9. The van der Waals surface area contributed by atoms with Crippen molar-refractivity contribution in [2.45, 2.75) is 17.9 Å². The average Bonchev–Trinajstić information content (AvgIpc) is 2.96. The topological polar surface area (TPSA) is 56.8 Å². The van der Waals surface area contributed by atoms with Crippen LogP contribution in [-0.2, 0) is 16.1 Å². The van der Waals surface area contributed by atoms with Crippen LogP contribution in [-0.4, -0.2) is 65.1 Å². The van der Waals surface area contributed by atoms with E-state index in [1.54, 1.807) is 11.1 Å². The Morgan fingerprint density at radius 1 is 1.07 bits per heavy atom. The average molecular weight is 397 g/mol. The van der Waals surface area contributed by atoms with E-state index in [2.05, 4.69) is 16.0 Å². The minimum Gasteiger partial charge on any atom is -0.340 e. The lowest BCUT2D eigenvalue weighted by Crippen LogP contribution is -2.46. The van der Waals surface area contributed by atoms with Crippen LogP contribution in [0.15, 0.2) is 53.7 Å². The standard InChI is InChI=1S/C21H24N4O2S/c26-20(15-25-18-6-1-2-7-19(18)28-16-21(25)27)24-10-4-9-23(11-12-24)14-17-5-3-8-22-13-17/h1-3,5-8,13H,4,9-12,14-16H2. The van der Waals surface area contributed by atoms with Crippen LogP contribution in [0.1, 0.15) is 12.0 Å². The molecule has 0 N–H and O–H groups in total. The maximum absolute atomic E-state index is 12.9. The summed E-state index contributed by atoms with van der Waals surface area (Å²) in [5.41, 5.74) is 2.04. The highest BCUT2D eigenvalue weighted by atomic mass is 32.2. The number of hydrogen-bond donors (Lipinski definition) is 0. The van der Waals surface area contributed by atoms with Gasteiger partial charge in [0.05, 0.1) is 11.4 Å². The van der Waals surface area contributed by atoms with E-state index in [1.165, 1.54) is 17.3 Å². The molecule has 2 aliphatic rings. The van der Waals surface area contributed by atoms with E-state index in [4.69, 9.17) is 0 Å². The first-order valence-electron chi connectivity index (χ1n) is 9.62. The Labute approximate surface area is 169 Å². The van der Waals surface area contributed by atoms with Crippen LogP contribution >= 0.6 is 11.8 Å². The molecule has 1 fully saturated rings. The number of nitrogens with zero attached hydrogens (tertiary/aromatic N) is 4. The Kier molecular flexibility index (Phi) is 5.92. The van der Waals surface area contributed by atoms with Gasteiger partial charge in [-0.25, -0.2) is 0 Å². The van der Waals surface area contributed by atoms with E-state index in [9.17, 15) is 9.59 Å². The largest absolute Gasteiger partial charge is 0.340 e. The van der Waals surface area contributed by atoms with E-state index < -0.39 is 0 Å². The minimum absolute atomic E-state index is 0.00470. The molecule has 146 valence electrons. The Hall–Kier alpha value is -2.38. The van der Waals surface area contributed by atoms with Crippen LogP contribution in [0, 0.1) is 0 Å². The van der Waals surface area contributed by atoms with Crippen LogP contribution in [0.3, 0.4) is 0 Å². The molecular formula is C21H24N4O2S. The second kappa shape index (κ2) is 8.75. The molecule has 1 saturated heterocycles. The highest BCUT2D eigenvalue weighted by molar-refractivity contribution is 8.00. The number of para-hydroxylation sites is 1. The van der Waals surface area contributed by atoms with Gasteiger partial charge >= 0.3 is 0 Å². The van der Waals surface area contributed by atoms with Crippen molar-refractivity contribution in [3.8, 4) is 0 Å². The molecule has 1 aromatic carbocycles. The summed E-state index contributed by atoms with van der Waals surface area (Å²) in [6.07, 6.45) is 4.61. The third-order valence-electron chi connectivity index (χ3n) is 5.17. The fourth-order valence-corrected chi connectivity index (χ4v) is 4.63. The molecule has 2 amide bonds. The van der Waals surface area contributed by atoms with Gasteiger partial charge in [0.1, 0.15) is 6.54 Å². The molecule has 28 heavy (non-hydrogen) atoms. The lowest BCUT2D eigenvalue weighted by molar-refractivity contribution is -0.131. The van der Waals surface area contributed by atoms with E-state index in [0.717, 1.165) is 43.2 Å². The number of benzene rings is 1. The first-order valence-corrected chi connectivity index (χ1v) is 10.6. The molecule has 1 aromatic heterocycles. The first-order chi connectivity index (χ1) is 13.7. The lowest BCUT2D eigenvalue weighted by Gasteiger charge is -2.30. The number of fused-ring (bicyclic) bond motifs is 1. The van der Waals surface area contributed by atoms with Gasteiger partial charge in [-0.05, 0) is 30.2 Å². The molecular weight excluding hydrogens is 372 g/mol. The third kappa shape index (κ3) is 4.36. The number of carbonyl (C=O) groups excluding carboxylic acids is 2. The zero-order valence-electron chi connectivity index (χ0n) is 15.8. The lowest BCUT2D eigenvalue weighted by atomic mass is 10.2. The van der Waals surface area contributed by atoms with Gasteiger partial charge in [-0.15, -0.1) is 11.8 Å². The second-order valence-electron chi connectivity index (χ2n) is 7.11. The summed E-state index contributed by atoms with van der Waals surface area (Å²) in [5, 5.41) is 0. The smallest absolute Gasteiger partial charge is 0.242 e. The number of amides is 2. The first kappa shape index (κ1) is 19.0. The number of pyridine rings is 1. The van der Waals surface area contributed by atoms with Crippen LogP contribution in [0.2, 0.25) is 0 Å². The summed E-state index contributed by atoms with van der Waals surface area (Å²) in [7, 11) is 0. The summed E-state index contributed by atoms with van der Waals surface area (Å²) in [6, 6.07) is 11.8. The van der Waals surface area contributed by atoms with Crippen molar-refractivity contribution in [2.24, 2.45) is 0 Å². The maximum Gasteiger partial charge on any atom is 0.242 e. The molecule has 4 rings (SSSR count). The summed E-state index contributed by atoms with van der Waals surface area (Å²) >= 11 is 1.54. The fraction of sp³-hybridized carbons (Fsp3) is 0.381. The molecule has 2 aromatic rings. The van der Waals surface area contributed by atoms with Gasteiger partial charge in [0.2, 0.25) is 11.8 Å². The molecule has 0 radical (unpaired) electrons. The summed E-state index contributed by atoms with van der Waals surface area (Å²) in [4.78, 5) is 36.5. The van der Waals surface area contributed by atoms with Gasteiger partial charge in [-0.1, -0.05) is 18.2 Å². The predicted octanol–water partition coefficient (Wildman–Crippen LogP) is 2.25. The molecule has 0 saturated carbocycles. The SMILES string of the molecule is O=C(CN1C(=O)CSc2ccccc21)N1CCCN(Cc2cccnc2)CC1. The Bertz CT molecular complexity index is 845. The molecule has 0 bridgehead atoms. The normalized spacial score (nSPS) is 17.9. The zero-order valence-corrected chi connectivity index (χ0v) is 16.6. The number of anilines is 1. The third-order valence-corrected chi connectivity index (χ3v) is 6.22. The van der Waals surface area contributed by atoms with Crippen molar-refractivity contribution >= 4 is 29.3 Å². The molecule has 7 heteroatoms. The predicted molar refractivity (Wildman–Crippen MR) is 110 cm³/mol. The summed E-state index contributed by atoms with van der Waals surface area (Å²) in [5.74, 6) is 0.423. The summed E-state index contributed by atoms with van der Waals surface area (Å²) in [6.45, 7) is 4.20. The number of aromatic nitrogens is 1. The number of hydrogen-bond acceptors (Lipinski definition) is 5. The number of carbonyl (C=O) groups is 2. The molecule has 0 aliphatic carbocycles. The quantitative estimate of drug-likeness (QED) is 0.794. The van der Waals surface area contributed by atoms with Crippen molar-refractivity contribution in [3.05, 3.63) is 54.4 Å². The Balaban J connectivity index is 1.37. The highest BCUT2D eigenvalue weighted by Crippen LogP contribution is 2.34. The fourth-order valence-electron chi connectivity index (χ4n) is 3.69. The van der Waals surface area contributed by atoms with Gasteiger partial charge in [0.15, 0.2) is 0 Å². The molecule has 3 heterocycles. The van der Waals surface area contributed by atoms with Crippen molar-refractivity contribution in [1.29, 1.82) is 0 Å². The number of rotatable bonds is 4. The highest BCUT2D eigenvalue weighted by Gasteiger charge is 2.28. The molecule has 0 unspecified atom stereocenters. The number of thioether (sulfide) groups is 1. The summed E-state index contributed by atoms with van der Waals surface area (Å²) < 4.78 is 0. The van der Waals surface area contributed by atoms with Gasteiger partial charge in [-0.2, -0.15) is 0 Å². The molecule has 2 aliphatic heterocycles. The van der Waals surface area contributed by atoms with Gasteiger partial charge in [-0.3, -0.25) is 19.5 Å². The van der Waals surface area contributed by atoms with Crippen molar-refractivity contribution in [3.63, 3.8) is 0 Å². The van der Waals surface area contributed by atoms with Gasteiger partial charge in [0, 0.05) is 50.0 Å². The van der Waals surface area contributed by atoms with E-state index in [1.807, 2.05) is 41.4 Å². The zero-order chi connectivity index (χ0) is 19.3. The van der Waals surface area contributed by atoms with Crippen molar-refractivity contribution in [2.75, 3.05) is 43.4 Å². The van der Waals surface area contributed by atoms with E-state index in [0.29, 0.717) is 12.3 Å². The van der Waals surface area contributed by atoms with Crippen molar-refractivity contribution < 1.29 is 9.59 Å². The molecule has 0 spiro atoms. The van der Waals surface area contributed by atoms with Crippen molar-refractivity contribution in [1.82, 2.24) is 14.8 Å². The molecule has 6 nitrogen and oxygen atoms in total. The van der Waals surface area contributed by atoms with E-state index >= 15 is 0 Å². The Morgan fingerprint density at radius 3 is 2.82 bits per heavy atom. The minimum atomic E-state index is 0.00470. The van der Waals surface area contributed by atoms with E-state index in [-0.39, 0.29) is 18.4 Å². The van der Waals surface area contributed by atoms with Crippen LogP contribution in [0.5, 0.6) is 0 Å². The van der Waals surface area contributed by atoms with Gasteiger partial charge in [0.25, 0.3) is 0 Å². The molecule has 0 atom stereocenters. The van der Waals surface area contributed by atoms with Crippen LogP contribution in [0.25, 0.3) is 0 Å². The second-order valence-corrected chi connectivity index (χ2v) is 8.13. The van der Waals surface area contributed by atoms with Crippen LogP contribution < -0.4 is 4.90 Å². The van der Waals surface area contributed by atoms with Gasteiger partial charge < -0.3 is 9.80 Å².